The number of aromatic nitrogens is 6. The molecule has 0 atom stereocenters. The third kappa shape index (κ3) is 3.83. The van der Waals surface area contributed by atoms with Crippen molar-refractivity contribution in [3.05, 3.63) is 100 Å². The molecule has 0 spiro atoms. The molecule has 152 valence electrons. The van der Waals surface area contributed by atoms with Gasteiger partial charge in [0.1, 0.15) is 0 Å². The summed E-state index contributed by atoms with van der Waals surface area (Å²) in [6, 6.07) is 24.1. The van der Waals surface area contributed by atoms with Crippen LogP contribution in [0, 0.1) is 0 Å². The van der Waals surface area contributed by atoms with Crippen LogP contribution in [0.25, 0.3) is 22.3 Å². The summed E-state index contributed by atoms with van der Waals surface area (Å²) in [7, 11) is 0. The lowest BCUT2D eigenvalue weighted by Crippen LogP contribution is -2.21. The van der Waals surface area contributed by atoms with E-state index in [-0.39, 0.29) is 5.56 Å². The van der Waals surface area contributed by atoms with Crippen molar-refractivity contribution in [3.8, 4) is 11.4 Å². The van der Waals surface area contributed by atoms with Gasteiger partial charge in [0.25, 0.3) is 5.56 Å². The molecule has 5 rings (SSSR count). The number of para-hydroxylation sites is 2. The Morgan fingerprint density at radius 1 is 0.903 bits per heavy atom. The van der Waals surface area contributed by atoms with E-state index in [1.807, 2.05) is 60.7 Å². The van der Waals surface area contributed by atoms with E-state index >= 15 is 0 Å². The van der Waals surface area contributed by atoms with Crippen molar-refractivity contribution in [1.29, 1.82) is 0 Å². The first kappa shape index (κ1) is 19.5. The van der Waals surface area contributed by atoms with E-state index in [0.29, 0.717) is 38.3 Å². The van der Waals surface area contributed by atoms with Crippen LogP contribution < -0.4 is 5.56 Å². The van der Waals surface area contributed by atoms with Gasteiger partial charge in [0.2, 0.25) is 0 Å². The molecule has 3 aromatic carbocycles. The number of benzene rings is 3. The average molecular weight is 447 g/mol. The fourth-order valence-corrected chi connectivity index (χ4v) is 4.35. The van der Waals surface area contributed by atoms with Crippen LogP contribution in [0.1, 0.15) is 5.82 Å². The standard InChI is InChI=1S/C22H15ClN6OS/c23-15-7-6-10-17(13-15)28-21(30)18-11-4-5-12-19(18)24-22(28)31-14-20-25-26-27-29(20)16-8-2-1-3-9-16/h1-13H,14H2. The van der Waals surface area contributed by atoms with Crippen molar-refractivity contribution >= 4 is 34.3 Å². The van der Waals surface area contributed by atoms with Gasteiger partial charge in [-0.05, 0) is 52.9 Å². The van der Waals surface area contributed by atoms with Gasteiger partial charge in [0, 0.05) is 5.02 Å². The smallest absolute Gasteiger partial charge is 0.266 e. The molecule has 0 aliphatic heterocycles. The Morgan fingerprint density at radius 2 is 1.68 bits per heavy atom. The minimum absolute atomic E-state index is 0.155. The third-order valence-corrected chi connectivity index (χ3v) is 5.85. The fourth-order valence-electron chi connectivity index (χ4n) is 3.25. The normalized spacial score (nSPS) is 11.1. The predicted molar refractivity (Wildman–Crippen MR) is 121 cm³/mol. The van der Waals surface area contributed by atoms with E-state index in [0.717, 1.165) is 5.69 Å². The van der Waals surface area contributed by atoms with Gasteiger partial charge in [-0.1, -0.05) is 59.8 Å². The molecule has 31 heavy (non-hydrogen) atoms. The van der Waals surface area contributed by atoms with Crippen molar-refractivity contribution < 1.29 is 0 Å². The third-order valence-electron chi connectivity index (χ3n) is 4.68. The van der Waals surface area contributed by atoms with Gasteiger partial charge < -0.3 is 0 Å². The van der Waals surface area contributed by atoms with Gasteiger partial charge in [0.15, 0.2) is 11.0 Å². The SMILES string of the molecule is O=c1c2ccccc2nc(SCc2nnnn2-c2ccccc2)n1-c1cccc(Cl)c1. The molecule has 0 saturated heterocycles. The molecule has 9 heteroatoms. The lowest BCUT2D eigenvalue weighted by Gasteiger charge is -2.13. The summed E-state index contributed by atoms with van der Waals surface area (Å²) in [6.45, 7) is 0. The monoisotopic (exact) mass is 446 g/mol. The highest BCUT2D eigenvalue weighted by molar-refractivity contribution is 7.98. The Bertz CT molecular complexity index is 1430. The summed E-state index contributed by atoms with van der Waals surface area (Å²) in [5, 5.41) is 13.7. The average Bonchev–Trinajstić information content (AvgIpc) is 3.27. The number of thioether (sulfide) groups is 1. The number of hydrogen-bond donors (Lipinski definition) is 0. The van der Waals surface area contributed by atoms with Crippen molar-refractivity contribution in [1.82, 2.24) is 29.8 Å². The zero-order valence-electron chi connectivity index (χ0n) is 16.1. The summed E-state index contributed by atoms with van der Waals surface area (Å²) in [5.41, 5.74) is 2.00. The number of tetrazole rings is 1. The Morgan fingerprint density at radius 3 is 2.52 bits per heavy atom. The van der Waals surface area contributed by atoms with Crippen LogP contribution >= 0.6 is 23.4 Å². The van der Waals surface area contributed by atoms with Gasteiger partial charge in [-0.2, -0.15) is 4.68 Å². The molecule has 0 aliphatic rings. The van der Waals surface area contributed by atoms with Crippen LogP contribution in [-0.2, 0) is 5.75 Å². The molecule has 0 fully saturated rings. The molecule has 0 N–H and O–H groups in total. The van der Waals surface area contributed by atoms with Gasteiger partial charge >= 0.3 is 0 Å². The maximum Gasteiger partial charge on any atom is 0.266 e. The quantitative estimate of drug-likeness (QED) is 0.296. The van der Waals surface area contributed by atoms with E-state index < -0.39 is 0 Å². The zero-order valence-corrected chi connectivity index (χ0v) is 17.7. The van der Waals surface area contributed by atoms with Gasteiger partial charge in [0.05, 0.1) is 28.0 Å². The number of hydrogen-bond acceptors (Lipinski definition) is 6. The van der Waals surface area contributed by atoms with Crippen molar-refractivity contribution in [3.63, 3.8) is 0 Å². The lowest BCUT2D eigenvalue weighted by atomic mass is 10.2. The zero-order chi connectivity index (χ0) is 21.2. The van der Waals surface area contributed by atoms with Gasteiger partial charge in [-0.15, -0.1) is 5.10 Å². The number of halogens is 1. The van der Waals surface area contributed by atoms with Crippen molar-refractivity contribution in [2.45, 2.75) is 10.9 Å². The summed E-state index contributed by atoms with van der Waals surface area (Å²) < 4.78 is 3.26. The van der Waals surface area contributed by atoms with E-state index in [1.165, 1.54) is 11.8 Å². The van der Waals surface area contributed by atoms with E-state index in [2.05, 4.69) is 15.5 Å². The number of rotatable bonds is 5. The van der Waals surface area contributed by atoms with Gasteiger partial charge in [-0.25, -0.2) is 4.98 Å². The van der Waals surface area contributed by atoms with E-state index in [4.69, 9.17) is 16.6 Å². The lowest BCUT2D eigenvalue weighted by molar-refractivity contribution is 0.776. The highest BCUT2D eigenvalue weighted by Crippen LogP contribution is 2.25. The Hall–Kier alpha value is -3.49. The molecule has 0 saturated carbocycles. The Balaban J connectivity index is 1.58. The molecule has 2 aromatic heterocycles. The highest BCUT2D eigenvalue weighted by atomic mass is 35.5. The fraction of sp³-hybridized carbons (Fsp3) is 0.0455. The second kappa shape index (κ2) is 8.33. The summed E-state index contributed by atoms with van der Waals surface area (Å²) in [4.78, 5) is 18.1. The van der Waals surface area contributed by atoms with Crippen molar-refractivity contribution in [2.24, 2.45) is 0 Å². The number of fused-ring (bicyclic) bond motifs is 1. The topological polar surface area (TPSA) is 78.5 Å². The molecule has 5 aromatic rings. The largest absolute Gasteiger partial charge is 0.268 e. The first-order valence-corrected chi connectivity index (χ1v) is 10.8. The predicted octanol–water partition coefficient (Wildman–Crippen LogP) is 4.31. The van der Waals surface area contributed by atoms with Crippen LogP contribution in [0.4, 0.5) is 0 Å². The van der Waals surface area contributed by atoms with Crippen LogP contribution in [0.15, 0.2) is 88.8 Å². The molecule has 2 heterocycles. The maximum absolute atomic E-state index is 13.3. The second-order valence-corrected chi connectivity index (χ2v) is 8.04. The summed E-state index contributed by atoms with van der Waals surface area (Å²) >= 11 is 7.58. The minimum atomic E-state index is -0.155. The summed E-state index contributed by atoms with van der Waals surface area (Å²) in [6.07, 6.45) is 0. The Kier molecular flexibility index (Phi) is 5.23. The van der Waals surface area contributed by atoms with Crippen LogP contribution in [0.2, 0.25) is 5.02 Å². The maximum atomic E-state index is 13.3. The molecular weight excluding hydrogens is 432 g/mol. The summed E-state index contributed by atoms with van der Waals surface area (Å²) in [5.74, 6) is 1.07. The molecule has 0 unspecified atom stereocenters. The molecule has 0 bridgehead atoms. The van der Waals surface area contributed by atoms with E-state index in [1.54, 1.807) is 27.4 Å². The molecule has 0 radical (unpaired) electrons. The first-order valence-electron chi connectivity index (χ1n) is 9.44. The minimum Gasteiger partial charge on any atom is -0.268 e. The molecule has 7 nitrogen and oxygen atoms in total. The van der Waals surface area contributed by atoms with Gasteiger partial charge in [-0.3, -0.25) is 9.36 Å². The number of nitrogens with zero attached hydrogens (tertiary/aromatic N) is 6. The molecule has 0 amide bonds. The second-order valence-electron chi connectivity index (χ2n) is 6.66. The molecule has 0 aliphatic carbocycles. The van der Waals surface area contributed by atoms with E-state index in [9.17, 15) is 4.79 Å². The Labute approximate surface area is 186 Å². The first-order chi connectivity index (χ1) is 15.2. The van der Waals surface area contributed by atoms with Crippen molar-refractivity contribution in [2.75, 3.05) is 0 Å². The highest BCUT2D eigenvalue weighted by Gasteiger charge is 2.16. The van der Waals surface area contributed by atoms with Crippen LogP contribution in [0.5, 0.6) is 0 Å². The van der Waals surface area contributed by atoms with Crippen LogP contribution in [-0.4, -0.2) is 29.8 Å². The van der Waals surface area contributed by atoms with Crippen LogP contribution in [0.3, 0.4) is 0 Å². The molecular formula is C22H15ClN6OS.